The Morgan fingerprint density at radius 1 is 1.53 bits per heavy atom. The van der Waals surface area contributed by atoms with Gasteiger partial charge in [0.1, 0.15) is 5.69 Å². The number of rotatable bonds is 3. The number of nitro groups is 1. The molecular formula is C9H7FN4O3. The molecule has 1 aromatic heterocycles. The Kier molecular flexibility index (Phi) is 2.79. The van der Waals surface area contributed by atoms with Gasteiger partial charge in [-0.3, -0.25) is 10.1 Å². The first-order chi connectivity index (χ1) is 8.13. The molecule has 0 bridgehead atoms. The second kappa shape index (κ2) is 4.26. The van der Waals surface area contributed by atoms with Crippen molar-refractivity contribution in [1.82, 2.24) is 15.0 Å². The molecule has 0 saturated heterocycles. The van der Waals surface area contributed by atoms with Gasteiger partial charge >= 0.3 is 0 Å². The van der Waals surface area contributed by atoms with Crippen molar-refractivity contribution >= 4 is 5.69 Å². The number of aliphatic hydroxyl groups is 1. The highest BCUT2D eigenvalue weighted by molar-refractivity contribution is 5.52. The Labute approximate surface area is 94.3 Å². The van der Waals surface area contributed by atoms with Crippen molar-refractivity contribution in [1.29, 1.82) is 0 Å². The van der Waals surface area contributed by atoms with E-state index < -0.39 is 16.4 Å². The van der Waals surface area contributed by atoms with E-state index in [1.54, 1.807) is 0 Å². The second-order valence-corrected chi connectivity index (χ2v) is 3.18. The Bertz CT molecular complexity index is 569. The first kappa shape index (κ1) is 11.1. The Morgan fingerprint density at radius 2 is 2.29 bits per heavy atom. The van der Waals surface area contributed by atoms with Gasteiger partial charge in [0, 0.05) is 6.07 Å². The maximum Gasteiger partial charge on any atom is 0.297 e. The van der Waals surface area contributed by atoms with Crippen molar-refractivity contribution in [3.05, 3.63) is 46.0 Å². The number of hydrogen-bond acceptors (Lipinski definition) is 5. The highest BCUT2D eigenvalue weighted by atomic mass is 19.1. The molecule has 8 heteroatoms. The zero-order chi connectivity index (χ0) is 12.4. The monoisotopic (exact) mass is 238 g/mol. The van der Waals surface area contributed by atoms with Crippen LogP contribution in [-0.2, 0) is 6.61 Å². The largest absolute Gasteiger partial charge is 0.390 e. The number of aromatic nitrogens is 3. The molecule has 1 N–H and O–H groups in total. The van der Waals surface area contributed by atoms with Crippen molar-refractivity contribution in [3.8, 4) is 5.69 Å². The quantitative estimate of drug-likeness (QED) is 0.630. The van der Waals surface area contributed by atoms with E-state index in [1.807, 2.05) is 0 Å². The molecule has 0 unspecified atom stereocenters. The Hall–Kier alpha value is -2.35. The molecular weight excluding hydrogens is 231 g/mol. The van der Waals surface area contributed by atoms with Crippen LogP contribution in [0.5, 0.6) is 0 Å². The lowest BCUT2D eigenvalue weighted by atomic mass is 10.2. The smallest absolute Gasteiger partial charge is 0.297 e. The average molecular weight is 238 g/mol. The molecule has 2 rings (SSSR count). The summed E-state index contributed by atoms with van der Waals surface area (Å²) in [5, 5.41) is 26.6. The van der Waals surface area contributed by atoms with Crippen LogP contribution in [0.1, 0.15) is 5.69 Å². The summed E-state index contributed by atoms with van der Waals surface area (Å²) in [6.07, 6.45) is 1.23. The second-order valence-electron chi connectivity index (χ2n) is 3.18. The summed E-state index contributed by atoms with van der Waals surface area (Å²) in [7, 11) is 0. The summed E-state index contributed by atoms with van der Waals surface area (Å²) in [5.41, 5.74) is -0.522. The van der Waals surface area contributed by atoms with Crippen molar-refractivity contribution in [3.63, 3.8) is 0 Å². The van der Waals surface area contributed by atoms with Gasteiger partial charge in [0.2, 0.25) is 0 Å². The minimum atomic E-state index is -0.784. The molecule has 0 aliphatic rings. The summed E-state index contributed by atoms with van der Waals surface area (Å²) in [6, 6.07) is 3.49. The number of hydrogen-bond donors (Lipinski definition) is 1. The molecule has 0 amide bonds. The van der Waals surface area contributed by atoms with Gasteiger partial charge in [-0.2, -0.15) is 0 Å². The number of halogens is 1. The summed E-state index contributed by atoms with van der Waals surface area (Å²) >= 11 is 0. The molecule has 0 aliphatic heterocycles. The molecule has 1 aromatic carbocycles. The Morgan fingerprint density at radius 3 is 2.88 bits per heavy atom. The fourth-order valence-corrected chi connectivity index (χ4v) is 1.36. The van der Waals surface area contributed by atoms with Crippen LogP contribution < -0.4 is 0 Å². The maximum absolute atomic E-state index is 13.6. The first-order valence-corrected chi connectivity index (χ1v) is 4.59. The van der Waals surface area contributed by atoms with Gasteiger partial charge in [-0.15, -0.1) is 5.10 Å². The van der Waals surface area contributed by atoms with E-state index >= 15 is 0 Å². The van der Waals surface area contributed by atoms with Gasteiger partial charge in [0.05, 0.1) is 17.7 Å². The lowest BCUT2D eigenvalue weighted by molar-refractivity contribution is -0.384. The van der Waals surface area contributed by atoms with Crippen molar-refractivity contribution in [2.45, 2.75) is 6.61 Å². The lowest BCUT2D eigenvalue weighted by Gasteiger charge is -2.02. The van der Waals surface area contributed by atoms with E-state index in [1.165, 1.54) is 18.3 Å². The molecule has 7 nitrogen and oxygen atoms in total. The summed E-state index contributed by atoms with van der Waals surface area (Å²) in [6.45, 7) is -0.373. The van der Waals surface area contributed by atoms with Crippen LogP contribution in [-0.4, -0.2) is 25.0 Å². The molecule has 0 aliphatic carbocycles. The zero-order valence-electron chi connectivity index (χ0n) is 8.45. The minimum absolute atomic E-state index is 0.197. The van der Waals surface area contributed by atoms with E-state index in [4.69, 9.17) is 5.11 Å². The molecule has 0 saturated carbocycles. The molecule has 2 aromatic rings. The highest BCUT2D eigenvalue weighted by Crippen LogP contribution is 2.24. The molecule has 0 spiro atoms. The van der Waals surface area contributed by atoms with Crippen LogP contribution in [0, 0.1) is 15.9 Å². The first-order valence-electron chi connectivity index (χ1n) is 4.59. The highest BCUT2D eigenvalue weighted by Gasteiger charge is 2.20. The summed E-state index contributed by atoms with van der Waals surface area (Å²) < 4.78 is 14.5. The third kappa shape index (κ3) is 1.97. The number of para-hydroxylation sites is 1. The van der Waals surface area contributed by atoms with Crippen LogP contribution in [0.4, 0.5) is 10.1 Å². The van der Waals surface area contributed by atoms with Crippen LogP contribution >= 0.6 is 0 Å². The molecule has 88 valence electrons. The van der Waals surface area contributed by atoms with Crippen LogP contribution in [0.15, 0.2) is 24.4 Å². The lowest BCUT2D eigenvalue weighted by Crippen LogP contribution is -2.03. The predicted octanol–water partition coefficient (Wildman–Crippen LogP) is 0.807. The fraction of sp³-hybridized carbons (Fsp3) is 0.111. The Balaban J connectivity index is 2.61. The van der Waals surface area contributed by atoms with Gasteiger partial charge in [0.15, 0.2) is 11.5 Å². The SMILES string of the molecule is O=[N+]([O-])c1cccc(F)c1-n1cc(CO)nn1. The zero-order valence-corrected chi connectivity index (χ0v) is 8.45. The third-order valence-electron chi connectivity index (χ3n) is 2.09. The van der Waals surface area contributed by atoms with Crippen molar-refractivity contribution in [2.75, 3.05) is 0 Å². The van der Waals surface area contributed by atoms with Gasteiger partial charge in [-0.1, -0.05) is 11.3 Å². The van der Waals surface area contributed by atoms with E-state index in [0.717, 1.165) is 10.7 Å². The van der Waals surface area contributed by atoms with Gasteiger partial charge in [-0.25, -0.2) is 9.07 Å². The maximum atomic E-state index is 13.6. The van der Waals surface area contributed by atoms with Crippen LogP contribution in [0.2, 0.25) is 0 Å². The number of nitro benzene ring substituents is 1. The third-order valence-corrected chi connectivity index (χ3v) is 2.09. The number of aliphatic hydroxyl groups excluding tert-OH is 1. The number of nitrogens with zero attached hydrogens (tertiary/aromatic N) is 4. The average Bonchev–Trinajstić information content (AvgIpc) is 2.76. The fourth-order valence-electron chi connectivity index (χ4n) is 1.36. The predicted molar refractivity (Wildman–Crippen MR) is 53.9 cm³/mol. The normalized spacial score (nSPS) is 10.5. The molecule has 0 fully saturated rings. The minimum Gasteiger partial charge on any atom is -0.390 e. The van der Waals surface area contributed by atoms with E-state index in [2.05, 4.69) is 10.3 Å². The molecule has 1 heterocycles. The molecule has 0 radical (unpaired) electrons. The van der Waals surface area contributed by atoms with E-state index in [9.17, 15) is 14.5 Å². The topological polar surface area (TPSA) is 94.1 Å². The van der Waals surface area contributed by atoms with Gasteiger partial charge in [-0.05, 0) is 6.07 Å². The standard InChI is InChI=1S/C9H7FN4O3/c10-7-2-1-3-8(14(16)17)9(7)13-4-6(5-15)11-12-13/h1-4,15H,5H2. The molecule has 17 heavy (non-hydrogen) atoms. The van der Waals surface area contributed by atoms with Crippen LogP contribution in [0.3, 0.4) is 0 Å². The van der Waals surface area contributed by atoms with E-state index in [0.29, 0.717) is 0 Å². The van der Waals surface area contributed by atoms with Gasteiger partial charge in [0.25, 0.3) is 5.69 Å². The van der Waals surface area contributed by atoms with Gasteiger partial charge < -0.3 is 5.11 Å². The van der Waals surface area contributed by atoms with Crippen LogP contribution in [0.25, 0.3) is 5.69 Å². The van der Waals surface area contributed by atoms with Crippen molar-refractivity contribution < 1.29 is 14.4 Å². The summed E-state index contributed by atoms with van der Waals surface area (Å²) in [5.74, 6) is -0.784. The number of benzene rings is 1. The molecule has 0 atom stereocenters. The van der Waals surface area contributed by atoms with E-state index in [-0.39, 0.29) is 18.0 Å². The van der Waals surface area contributed by atoms with Crippen molar-refractivity contribution in [2.24, 2.45) is 0 Å². The summed E-state index contributed by atoms with van der Waals surface area (Å²) in [4.78, 5) is 10.0.